The average molecular weight is 347 g/mol. The van der Waals surface area contributed by atoms with Crippen LogP contribution in [0.1, 0.15) is 30.9 Å². The van der Waals surface area contributed by atoms with Crippen LogP contribution in [0.2, 0.25) is 0 Å². The van der Waals surface area contributed by atoms with Gasteiger partial charge in [0.15, 0.2) is 12.4 Å². The molecule has 0 radical (unpaired) electrons. The molecule has 1 aliphatic heterocycles. The van der Waals surface area contributed by atoms with Gasteiger partial charge < -0.3 is 14.2 Å². The van der Waals surface area contributed by atoms with E-state index in [9.17, 15) is 5.26 Å². The van der Waals surface area contributed by atoms with Gasteiger partial charge in [-0.3, -0.25) is 0 Å². The lowest BCUT2D eigenvalue weighted by atomic mass is 9.89. The molecule has 2 aromatic rings. The lowest BCUT2D eigenvalue weighted by Crippen LogP contribution is -2.23. The predicted molar refractivity (Wildman–Crippen MR) is 95.4 cm³/mol. The molecule has 6 atom stereocenters. The van der Waals surface area contributed by atoms with E-state index in [1.807, 2.05) is 54.6 Å². The minimum absolute atomic E-state index is 0.249. The van der Waals surface area contributed by atoms with Crippen LogP contribution in [0.4, 0.5) is 0 Å². The van der Waals surface area contributed by atoms with E-state index in [1.54, 1.807) is 0 Å². The van der Waals surface area contributed by atoms with Crippen LogP contribution in [0, 0.1) is 29.1 Å². The van der Waals surface area contributed by atoms with Gasteiger partial charge in [-0.1, -0.05) is 30.3 Å². The number of nitriles is 1. The first-order valence-electron chi connectivity index (χ1n) is 9.33. The maximum atomic E-state index is 9.67. The standard InChI is InChI=1S/C22H21NO3/c23-13-21(26-22-19-10-14-9-18(19)20(11-14)25-22)15-5-4-8-17(12-15)24-16-6-2-1-3-7-16/h1-8,12,14,18-22H,9-11H2/t14?,18?,19?,20?,21?,22-/m1/s1. The lowest BCUT2D eigenvalue weighted by molar-refractivity contribution is -0.162. The molecule has 3 fully saturated rings. The molecule has 0 N–H and O–H groups in total. The third kappa shape index (κ3) is 2.78. The van der Waals surface area contributed by atoms with E-state index >= 15 is 0 Å². The van der Waals surface area contributed by atoms with Gasteiger partial charge in [-0.2, -0.15) is 5.26 Å². The summed E-state index contributed by atoms with van der Waals surface area (Å²) in [6, 6.07) is 19.5. The van der Waals surface area contributed by atoms with E-state index in [0.29, 0.717) is 23.7 Å². The molecule has 0 spiro atoms. The van der Waals surface area contributed by atoms with Crippen molar-refractivity contribution in [1.82, 2.24) is 0 Å². The SMILES string of the molecule is N#CC(O[C@H]1OC2CC3CC2C1C3)c1cccc(Oc2ccccc2)c1. The van der Waals surface area contributed by atoms with E-state index in [2.05, 4.69) is 6.07 Å². The number of rotatable bonds is 5. The van der Waals surface area contributed by atoms with Crippen molar-refractivity contribution in [2.45, 2.75) is 37.8 Å². The molecular weight excluding hydrogens is 326 g/mol. The van der Waals surface area contributed by atoms with Crippen molar-refractivity contribution in [3.05, 3.63) is 60.2 Å². The summed E-state index contributed by atoms with van der Waals surface area (Å²) in [6.07, 6.45) is 3.07. The van der Waals surface area contributed by atoms with E-state index in [4.69, 9.17) is 14.2 Å². The van der Waals surface area contributed by atoms with Gasteiger partial charge in [-0.25, -0.2) is 0 Å². The van der Waals surface area contributed by atoms with E-state index in [1.165, 1.54) is 19.3 Å². The van der Waals surface area contributed by atoms with Gasteiger partial charge in [0.05, 0.1) is 12.2 Å². The van der Waals surface area contributed by atoms with Crippen LogP contribution in [0.25, 0.3) is 0 Å². The average Bonchev–Trinajstić information content (AvgIpc) is 3.30. The normalized spacial score (nSPS) is 32.3. The molecule has 1 heterocycles. The summed E-state index contributed by atoms with van der Waals surface area (Å²) < 4.78 is 18.1. The van der Waals surface area contributed by atoms with Crippen LogP contribution in [-0.4, -0.2) is 12.4 Å². The number of nitrogens with zero attached hydrogens (tertiary/aromatic N) is 1. The number of para-hydroxylation sites is 1. The minimum atomic E-state index is -0.643. The van der Waals surface area contributed by atoms with Crippen molar-refractivity contribution >= 4 is 0 Å². The highest BCUT2D eigenvalue weighted by atomic mass is 16.7. The van der Waals surface area contributed by atoms with Crippen molar-refractivity contribution in [3.8, 4) is 17.6 Å². The van der Waals surface area contributed by atoms with Gasteiger partial charge in [-0.05, 0) is 60.9 Å². The van der Waals surface area contributed by atoms with Crippen LogP contribution in [0.15, 0.2) is 54.6 Å². The maximum absolute atomic E-state index is 9.67. The second kappa shape index (κ2) is 6.42. The molecule has 2 saturated carbocycles. The number of hydrogen-bond donors (Lipinski definition) is 0. The maximum Gasteiger partial charge on any atom is 0.172 e. The number of ether oxygens (including phenoxy) is 3. The third-order valence-electron chi connectivity index (χ3n) is 5.99. The molecule has 3 aliphatic rings. The van der Waals surface area contributed by atoms with Crippen LogP contribution in [0.5, 0.6) is 11.5 Å². The van der Waals surface area contributed by atoms with Crippen LogP contribution in [-0.2, 0) is 9.47 Å². The van der Waals surface area contributed by atoms with Crippen molar-refractivity contribution < 1.29 is 14.2 Å². The second-order valence-electron chi connectivity index (χ2n) is 7.58. The van der Waals surface area contributed by atoms with E-state index < -0.39 is 6.10 Å². The topological polar surface area (TPSA) is 51.5 Å². The molecule has 0 amide bonds. The fourth-order valence-electron chi connectivity index (χ4n) is 4.90. The molecule has 1 saturated heterocycles. The molecule has 132 valence electrons. The summed E-state index contributed by atoms with van der Waals surface area (Å²) in [5.41, 5.74) is 0.804. The number of benzene rings is 2. The highest BCUT2D eigenvalue weighted by Crippen LogP contribution is 2.57. The molecule has 4 heteroatoms. The van der Waals surface area contributed by atoms with Gasteiger partial charge in [-0.15, -0.1) is 0 Å². The predicted octanol–water partition coefficient (Wildman–Crippen LogP) is 4.83. The number of fused-ring (bicyclic) bond motifs is 1. The largest absolute Gasteiger partial charge is 0.457 e. The fourth-order valence-corrected chi connectivity index (χ4v) is 4.90. The zero-order valence-electron chi connectivity index (χ0n) is 14.5. The Morgan fingerprint density at radius 2 is 1.77 bits per heavy atom. The molecule has 5 rings (SSSR count). The zero-order valence-corrected chi connectivity index (χ0v) is 14.5. The number of hydrogen-bond acceptors (Lipinski definition) is 4. The molecule has 26 heavy (non-hydrogen) atoms. The van der Waals surface area contributed by atoms with E-state index in [-0.39, 0.29) is 6.29 Å². The van der Waals surface area contributed by atoms with Crippen LogP contribution >= 0.6 is 0 Å². The molecule has 0 aromatic heterocycles. The molecule has 5 unspecified atom stereocenters. The Kier molecular flexibility index (Phi) is 3.92. The summed E-state index contributed by atoms with van der Waals surface area (Å²) in [5.74, 6) is 3.36. The third-order valence-corrected chi connectivity index (χ3v) is 5.99. The van der Waals surface area contributed by atoms with Gasteiger partial charge in [0.1, 0.15) is 11.5 Å². The smallest absolute Gasteiger partial charge is 0.172 e. The molecule has 2 aliphatic carbocycles. The fraction of sp³-hybridized carbons (Fsp3) is 0.409. The Labute approximate surface area is 153 Å². The molecular formula is C22H21NO3. The van der Waals surface area contributed by atoms with Crippen molar-refractivity contribution in [1.29, 1.82) is 5.26 Å². The lowest BCUT2D eigenvalue weighted by Gasteiger charge is -2.21. The first-order valence-corrected chi connectivity index (χ1v) is 9.33. The van der Waals surface area contributed by atoms with Gasteiger partial charge >= 0.3 is 0 Å². The Hall–Kier alpha value is -2.35. The van der Waals surface area contributed by atoms with Gasteiger partial charge in [0.25, 0.3) is 0 Å². The summed E-state index contributed by atoms with van der Waals surface area (Å²) >= 11 is 0. The van der Waals surface area contributed by atoms with Crippen molar-refractivity contribution in [2.24, 2.45) is 17.8 Å². The van der Waals surface area contributed by atoms with Gasteiger partial charge in [0.2, 0.25) is 0 Å². The van der Waals surface area contributed by atoms with Crippen molar-refractivity contribution in [3.63, 3.8) is 0 Å². The summed E-state index contributed by atoms with van der Waals surface area (Å²) in [5, 5.41) is 9.67. The second-order valence-corrected chi connectivity index (χ2v) is 7.58. The highest BCUT2D eigenvalue weighted by molar-refractivity contribution is 5.36. The first-order chi connectivity index (χ1) is 12.8. The Morgan fingerprint density at radius 1 is 0.962 bits per heavy atom. The highest BCUT2D eigenvalue weighted by Gasteiger charge is 2.56. The summed E-state index contributed by atoms with van der Waals surface area (Å²) in [7, 11) is 0. The molecule has 4 nitrogen and oxygen atoms in total. The monoisotopic (exact) mass is 347 g/mol. The Morgan fingerprint density at radius 3 is 2.54 bits per heavy atom. The van der Waals surface area contributed by atoms with Crippen LogP contribution < -0.4 is 4.74 Å². The van der Waals surface area contributed by atoms with Crippen molar-refractivity contribution in [2.75, 3.05) is 0 Å². The Balaban J connectivity index is 1.32. The molecule has 2 bridgehead atoms. The first kappa shape index (κ1) is 15.9. The Bertz CT molecular complexity index is 829. The van der Waals surface area contributed by atoms with Gasteiger partial charge in [0, 0.05) is 5.92 Å². The summed E-state index contributed by atoms with van der Waals surface area (Å²) in [4.78, 5) is 0. The minimum Gasteiger partial charge on any atom is -0.457 e. The summed E-state index contributed by atoms with van der Waals surface area (Å²) in [6.45, 7) is 0. The molecule has 2 aromatic carbocycles. The quantitative estimate of drug-likeness (QED) is 0.777. The zero-order chi connectivity index (χ0) is 17.5. The van der Waals surface area contributed by atoms with Crippen LogP contribution in [0.3, 0.4) is 0 Å². The van der Waals surface area contributed by atoms with E-state index in [0.717, 1.165) is 17.2 Å².